The minimum atomic E-state index is -2.37. The van der Waals surface area contributed by atoms with Crippen LogP contribution in [0.5, 0.6) is 0 Å². The highest BCUT2D eigenvalue weighted by Gasteiger charge is 2.35. The summed E-state index contributed by atoms with van der Waals surface area (Å²) in [5.41, 5.74) is 6.17. The minimum Gasteiger partial charge on any atom is -0.379 e. The highest BCUT2D eigenvalue weighted by molar-refractivity contribution is 5.74. The van der Waals surface area contributed by atoms with Crippen molar-refractivity contribution in [2.75, 3.05) is 31.2 Å². The molecule has 0 saturated carbocycles. The molecule has 0 bridgehead atoms. The number of hydrogen-bond donors (Lipinski definition) is 0. The summed E-state index contributed by atoms with van der Waals surface area (Å²) in [5.74, 6) is 0.570. The Balaban J connectivity index is 1.45. The number of aromatic nitrogens is 4. The summed E-state index contributed by atoms with van der Waals surface area (Å²) in [6, 6.07) is 6.38. The quantitative estimate of drug-likeness (QED) is 0.487. The number of amides is 1. The van der Waals surface area contributed by atoms with Crippen molar-refractivity contribution in [3.05, 3.63) is 47.4 Å². The second-order valence-electron chi connectivity index (χ2n) is 10.1. The third-order valence-corrected chi connectivity index (χ3v) is 7.62. The zero-order chi connectivity index (χ0) is 24.8. The summed E-state index contributed by atoms with van der Waals surface area (Å²) < 4.78 is 36.6. The first-order chi connectivity index (χ1) is 17.5. The van der Waals surface area contributed by atoms with E-state index in [2.05, 4.69) is 32.9 Å². The second kappa shape index (κ2) is 9.31. The molecule has 1 aromatic carbocycles. The lowest BCUT2D eigenvalue weighted by Gasteiger charge is -2.36. The van der Waals surface area contributed by atoms with Crippen LogP contribution in [-0.4, -0.2) is 63.6 Å². The van der Waals surface area contributed by atoms with Gasteiger partial charge in [0.2, 0.25) is 12.8 Å². The zero-order valence-corrected chi connectivity index (χ0v) is 20.3. The number of anilines is 2. The fraction of sp³-hybridized carbons (Fsp3) is 0.500. The molecule has 0 spiro atoms. The monoisotopic (exact) mass is 496 g/mol. The Kier molecular flexibility index (Phi) is 5.99. The molecule has 1 fully saturated rings. The minimum absolute atomic E-state index is 0.157. The highest BCUT2D eigenvalue weighted by Crippen LogP contribution is 2.42. The van der Waals surface area contributed by atoms with E-state index < -0.39 is 6.43 Å². The summed E-state index contributed by atoms with van der Waals surface area (Å²) in [5, 5.41) is 9.36. The Labute approximate surface area is 208 Å². The summed E-state index contributed by atoms with van der Waals surface area (Å²) >= 11 is 0. The van der Waals surface area contributed by atoms with Gasteiger partial charge in [0, 0.05) is 68.3 Å². The Morgan fingerprint density at radius 1 is 1.28 bits per heavy atom. The number of ether oxygens (including phenoxy) is 1. The number of carbonyl (C=O) groups excluding carboxylic acids is 1. The van der Waals surface area contributed by atoms with Gasteiger partial charge in [-0.15, -0.1) is 0 Å². The molecule has 0 N–H and O–H groups in total. The van der Waals surface area contributed by atoms with E-state index in [4.69, 9.17) is 9.84 Å². The maximum Gasteiger partial charge on any atom is 0.239 e. The van der Waals surface area contributed by atoms with Crippen LogP contribution in [0, 0.1) is 5.92 Å². The van der Waals surface area contributed by atoms with E-state index in [1.807, 2.05) is 19.4 Å². The zero-order valence-electron chi connectivity index (χ0n) is 20.3. The first-order valence-corrected chi connectivity index (χ1v) is 12.5. The van der Waals surface area contributed by atoms with Crippen LogP contribution in [0.15, 0.2) is 30.6 Å². The molecular formula is C26H30F2N6O2. The van der Waals surface area contributed by atoms with Crippen LogP contribution in [0.3, 0.4) is 0 Å². The van der Waals surface area contributed by atoms with Crippen LogP contribution < -0.4 is 4.90 Å². The fourth-order valence-corrected chi connectivity index (χ4v) is 5.88. The number of benzene rings is 1. The molecule has 2 atom stereocenters. The molecule has 3 aliphatic heterocycles. The van der Waals surface area contributed by atoms with Crippen molar-refractivity contribution < 1.29 is 18.3 Å². The normalized spacial score (nSPS) is 21.7. The Bertz CT molecular complexity index is 1270. The van der Waals surface area contributed by atoms with Crippen molar-refractivity contribution >= 4 is 17.9 Å². The standard InChI is InChI=1S/C26H30F2N6O2/c1-31-13-20(11-29-31)18-2-3-23-19(10-18)8-17(9-25(27)28)12-33(23)26-22-14-32(16-35)6-4-24(22)34(30-26)21-5-7-36-15-21/h2-3,10-11,13,16-17,21,25H,4-9,12,14-15H2,1H3. The van der Waals surface area contributed by atoms with Gasteiger partial charge in [-0.05, 0) is 42.0 Å². The first kappa shape index (κ1) is 23.1. The van der Waals surface area contributed by atoms with Crippen LogP contribution in [0.25, 0.3) is 11.1 Å². The molecule has 0 aliphatic carbocycles. The maximum absolute atomic E-state index is 13.5. The molecule has 8 nitrogen and oxygen atoms in total. The summed E-state index contributed by atoms with van der Waals surface area (Å²) in [7, 11) is 1.87. The van der Waals surface area contributed by atoms with Gasteiger partial charge in [0.25, 0.3) is 0 Å². The van der Waals surface area contributed by atoms with E-state index in [0.717, 1.165) is 58.7 Å². The predicted octanol–water partition coefficient (Wildman–Crippen LogP) is 3.73. The number of alkyl halides is 2. The molecule has 5 heterocycles. The van der Waals surface area contributed by atoms with Gasteiger partial charge in [0.1, 0.15) is 0 Å². The van der Waals surface area contributed by atoms with E-state index in [-0.39, 0.29) is 18.4 Å². The average Bonchev–Trinajstić information content (AvgIpc) is 3.62. The molecule has 0 radical (unpaired) electrons. The topological polar surface area (TPSA) is 68.4 Å². The van der Waals surface area contributed by atoms with E-state index in [9.17, 15) is 13.6 Å². The van der Waals surface area contributed by atoms with E-state index >= 15 is 0 Å². The summed E-state index contributed by atoms with van der Waals surface area (Å²) in [6.45, 7) is 2.91. The molecule has 190 valence electrons. The Hall–Kier alpha value is -3.27. The van der Waals surface area contributed by atoms with Gasteiger partial charge in [-0.3, -0.25) is 14.2 Å². The molecule has 36 heavy (non-hydrogen) atoms. The third kappa shape index (κ3) is 4.17. The van der Waals surface area contributed by atoms with Gasteiger partial charge in [0.05, 0.1) is 25.4 Å². The Morgan fingerprint density at radius 3 is 2.89 bits per heavy atom. The number of halogens is 2. The maximum atomic E-state index is 13.5. The molecule has 3 aromatic rings. The molecule has 2 unspecified atom stereocenters. The molecule has 3 aliphatic rings. The number of hydrogen-bond acceptors (Lipinski definition) is 5. The van der Waals surface area contributed by atoms with Crippen molar-refractivity contribution in [3.8, 4) is 11.1 Å². The first-order valence-electron chi connectivity index (χ1n) is 12.5. The summed E-state index contributed by atoms with van der Waals surface area (Å²) in [6.07, 6.45) is 4.32. The average molecular weight is 497 g/mol. The number of fused-ring (bicyclic) bond motifs is 2. The van der Waals surface area contributed by atoms with Crippen molar-refractivity contribution in [2.24, 2.45) is 13.0 Å². The van der Waals surface area contributed by atoms with Gasteiger partial charge >= 0.3 is 0 Å². The van der Waals surface area contributed by atoms with Crippen LogP contribution in [0.1, 0.15) is 35.7 Å². The van der Waals surface area contributed by atoms with Crippen molar-refractivity contribution in [3.63, 3.8) is 0 Å². The second-order valence-corrected chi connectivity index (χ2v) is 10.1. The van der Waals surface area contributed by atoms with Gasteiger partial charge < -0.3 is 14.5 Å². The number of nitrogens with zero attached hydrogens (tertiary/aromatic N) is 6. The highest BCUT2D eigenvalue weighted by atomic mass is 19.3. The van der Waals surface area contributed by atoms with Gasteiger partial charge in [-0.1, -0.05) is 6.07 Å². The molecule has 1 amide bonds. The van der Waals surface area contributed by atoms with Crippen LogP contribution >= 0.6 is 0 Å². The smallest absolute Gasteiger partial charge is 0.239 e. The fourth-order valence-electron chi connectivity index (χ4n) is 5.88. The van der Waals surface area contributed by atoms with Crippen LogP contribution in [0.4, 0.5) is 20.3 Å². The van der Waals surface area contributed by atoms with Crippen molar-refractivity contribution in [1.29, 1.82) is 0 Å². The Morgan fingerprint density at radius 2 is 2.17 bits per heavy atom. The molecule has 2 aromatic heterocycles. The number of aryl methyl sites for hydroxylation is 1. The van der Waals surface area contributed by atoms with Crippen LogP contribution in [-0.2, 0) is 36.0 Å². The molecular weight excluding hydrogens is 466 g/mol. The summed E-state index contributed by atoms with van der Waals surface area (Å²) in [4.78, 5) is 15.5. The van der Waals surface area contributed by atoms with E-state index in [1.165, 1.54) is 0 Å². The van der Waals surface area contributed by atoms with Crippen molar-refractivity contribution in [2.45, 2.75) is 44.7 Å². The lowest BCUT2D eigenvalue weighted by molar-refractivity contribution is -0.118. The predicted molar refractivity (Wildman–Crippen MR) is 130 cm³/mol. The largest absolute Gasteiger partial charge is 0.379 e. The number of rotatable bonds is 6. The molecule has 10 heteroatoms. The van der Waals surface area contributed by atoms with E-state index in [1.54, 1.807) is 9.58 Å². The lowest BCUT2D eigenvalue weighted by atomic mass is 9.88. The SMILES string of the molecule is Cn1cc(-c2ccc3c(c2)CC(CC(F)F)CN3c2nn(C3CCOC3)c3c2CN(C=O)CC3)cn1. The van der Waals surface area contributed by atoms with Crippen LogP contribution in [0.2, 0.25) is 0 Å². The van der Waals surface area contributed by atoms with Crippen molar-refractivity contribution in [1.82, 2.24) is 24.5 Å². The molecule has 1 saturated heterocycles. The number of carbonyl (C=O) groups is 1. The van der Waals surface area contributed by atoms with E-state index in [0.29, 0.717) is 39.3 Å². The van der Waals surface area contributed by atoms with Gasteiger partial charge in [0.15, 0.2) is 5.82 Å². The third-order valence-electron chi connectivity index (χ3n) is 7.62. The van der Waals surface area contributed by atoms with Gasteiger partial charge in [-0.25, -0.2) is 8.78 Å². The van der Waals surface area contributed by atoms with Gasteiger partial charge in [-0.2, -0.15) is 10.2 Å². The molecule has 6 rings (SSSR count). The lowest BCUT2D eigenvalue weighted by Crippen LogP contribution is -2.35.